The van der Waals surface area contributed by atoms with Crippen molar-refractivity contribution < 1.29 is 21.6 Å². The quantitative estimate of drug-likeness (QED) is 0.154. The van der Waals surface area contributed by atoms with E-state index >= 15 is 0 Å². The molecule has 0 atom stereocenters. The van der Waals surface area contributed by atoms with Crippen LogP contribution >= 0.6 is 24.0 Å². The summed E-state index contributed by atoms with van der Waals surface area (Å²) < 4.78 is 57.1. The van der Waals surface area contributed by atoms with Gasteiger partial charge in [-0.15, -0.1) is 24.0 Å². The van der Waals surface area contributed by atoms with Crippen LogP contribution in [0.25, 0.3) is 0 Å². The second-order valence-corrected chi connectivity index (χ2v) is 10.8. The zero-order valence-corrected chi connectivity index (χ0v) is 21.7. The molecule has 13 heteroatoms. The van der Waals surface area contributed by atoms with E-state index in [2.05, 4.69) is 15.0 Å². The molecule has 174 valence electrons. The number of nitrogens with zero attached hydrogens (tertiary/aromatic N) is 3. The molecule has 0 amide bonds. The molecule has 0 bridgehead atoms. The van der Waals surface area contributed by atoms with Crippen LogP contribution in [-0.4, -0.2) is 102 Å². The van der Waals surface area contributed by atoms with Crippen molar-refractivity contribution >= 4 is 50.0 Å². The normalized spacial score (nSPS) is 16.7. The Morgan fingerprint density at radius 2 is 1.72 bits per heavy atom. The van der Waals surface area contributed by atoms with Crippen LogP contribution in [0.3, 0.4) is 0 Å². The number of piperazine rings is 1. The van der Waals surface area contributed by atoms with Gasteiger partial charge in [0.1, 0.15) is 0 Å². The van der Waals surface area contributed by atoms with Gasteiger partial charge >= 0.3 is 0 Å². The van der Waals surface area contributed by atoms with Gasteiger partial charge in [0, 0.05) is 39.3 Å². The van der Waals surface area contributed by atoms with Crippen molar-refractivity contribution in [3.05, 3.63) is 0 Å². The monoisotopic (exact) mass is 569 g/mol. The number of aliphatic imine (C=N–C) groups is 1. The van der Waals surface area contributed by atoms with E-state index < -0.39 is 20.0 Å². The minimum absolute atomic E-state index is 0. The van der Waals surface area contributed by atoms with Gasteiger partial charge in [-0.2, -0.15) is 4.31 Å². The van der Waals surface area contributed by atoms with Crippen LogP contribution in [0.4, 0.5) is 0 Å². The smallest absolute Gasteiger partial charge is 0.216 e. The first-order valence-corrected chi connectivity index (χ1v) is 13.0. The number of halogens is 1. The highest BCUT2D eigenvalue weighted by atomic mass is 127. The van der Waals surface area contributed by atoms with E-state index in [1.54, 1.807) is 6.92 Å². The summed E-state index contributed by atoms with van der Waals surface area (Å²) in [7, 11) is -6.56. The van der Waals surface area contributed by atoms with Crippen LogP contribution in [-0.2, 0) is 24.8 Å². The lowest BCUT2D eigenvalue weighted by atomic mass is 10.4. The Hall–Kier alpha value is -0.220. The molecule has 29 heavy (non-hydrogen) atoms. The predicted molar refractivity (Wildman–Crippen MR) is 127 cm³/mol. The van der Waals surface area contributed by atoms with Crippen molar-refractivity contribution in [2.24, 2.45) is 4.99 Å². The van der Waals surface area contributed by atoms with Gasteiger partial charge in [-0.3, -0.25) is 4.99 Å². The lowest BCUT2D eigenvalue weighted by Crippen LogP contribution is -2.54. The van der Waals surface area contributed by atoms with Gasteiger partial charge < -0.3 is 15.0 Å². The molecule has 0 saturated carbocycles. The van der Waals surface area contributed by atoms with E-state index in [4.69, 9.17) is 4.74 Å². The number of sulfonamides is 2. The molecule has 1 saturated heterocycles. The van der Waals surface area contributed by atoms with Gasteiger partial charge in [0.15, 0.2) is 5.96 Å². The van der Waals surface area contributed by atoms with Gasteiger partial charge in [-0.05, 0) is 27.7 Å². The molecule has 0 spiro atoms. The molecule has 1 rings (SSSR count). The van der Waals surface area contributed by atoms with E-state index in [1.165, 1.54) is 4.31 Å². The van der Waals surface area contributed by atoms with Crippen LogP contribution in [0, 0.1) is 0 Å². The number of hydrogen-bond donors (Lipinski definition) is 2. The standard InChI is InChI=1S/C16H35N5O5S2.HI/c1-5-17-16(18-7-8-19-27(22,23)6-2)20-9-11-21(12-10-20)28(24,25)14-13-26-15(3)4;/h15,19H,5-14H2,1-4H3,(H,17,18);1H. The Morgan fingerprint density at radius 3 is 2.24 bits per heavy atom. The number of hydrogen-bond acceptors (Lipinski definition) is 6. The number of ether oxygens (including phenoxy) is 1. The number of rotatable bonds is 11. The number of nitrogens with one attached hydrogen (secondary N) is 2. The Balaban J connectivity index is 0.00000784. The van der Waals surface area contributed by atoms with Crippen molar-refractivity contribution in [3.63, 3.8) is 0 Å². The van der Waals surface area contributed by atoms with E-state index in [0.29, 0.717) is 45.2 Å². The third kappa shape index (κ3) is 11.1. The summed E-state index contributed by atoms with van der Waals surface area (Å²) >= 11 is 0. The van der Waals surface area contributed by atoms with Gasteiger partial charge in [0.25, 0.3) is 0 Å². The molecule has 0 radical (unpaired) electrons. The zero-order valence-electron chi connectivity index (χ0n) is 17.8. The molecule has 0 unspecified atom stereocenters. The fraction of sp³-hybridized carbons (Fsp3) is 0.938. The lowest BCUT2D eigenvalue weighted by molar-refractivity contribution is 0.0904. The third-order valence-electron chi connectivity index (χ3n) is 4.13. The maximum Gasteiger partial charge on any atom is 0.216 e. The summed E-state index contributed by atoms with van der Waals surface area (Å²) in [6.07, 6.45) is 0.00717. The Kier molecular flexibility index (Phi) is 13.9. The molecule has 1 aliphatic rings. The molecule has 1 heterocycles. The van der Waals surface area contributed by atoms with E-state index in [9.17, 15) is 16.8 Å². The SMILES string of the molecule is CCNC(=NCCNS(=O)(=O)CC)N1CCN(S(=O)(=O)CCOC(C)C)CC1.I. The maximum atomic E-state index is 12.4. The van der Waals surface area contributed by atoms with Gasteiger partial charge in [0.2, 0.25) is 20.0 Å². The molecular weight excluding hydrogens is 533 g/mol. The first kappa shape index (κ1) is 28.8. The topological polar surface area (TPSA) is 120 Å². The van der Waals surface area contributed by atoms with Crippen molar-refractivity contribution in [1.82, 2.24) is 19.2 Å². The van der Waals surface area contributed by atoms with E-state index in [-0.39, 0.29) is 54.7 Å². The molecule has 2 N–H and O–H groups in total. The average Bonchev–Trinajstić information content (AvgIpc) is 2.64. The van der Waals surface area contributed by atoms with Crippen LogP contribution in [0.5, 0.6) is 0 Å². The molecule has 0 aliphatic carbocycles. The fourth-order valence-electron chi connectivity index (χ4n) is 2.59. The van der Waals surface area contributed by atoms with E-state index in [0.717, 1.165) is 0 Å². The highest BCUT2D eigenvalue weighted by molar-refractivity contribution is 14.0. The van der Waals surface area contributed by atoms with Crippen molar-refractivity contribution in [3.8, 4) is 0 Å². The van der Waals surface area contributed by atoms with Crippen molar-refractivity contribution in [2.75, 3.05) is 63.9 Å². The highest BCUT2D eigenvalue weighted by Crippen LogP contribution is 2.09. The van der Waals surface area contributed by atoms with E-state index in [1.807, 2.05) is 25.7 Å². The van der Waals surface area contributed by atoms with Gasteiger partial charge in [-0.1, -0.05) is 0 Å². The number of guanidine groups is 1. The Morgan fingerprint density at radius 1 is 1.10 bits per heavy atom. The van der Waals surface area contributed by atoms with Crippen LogP contribution in [0.1, 0.15) is 27.7 Å². The molecular formula is C16H36IN5O5S2. The molecule has 0 aromatic rings. The van der Waals surface area contributed by atoms with Crippen LogP contribution in [0.2, 0.25) is 0 Å². The average molecular weight is 570 g/mol. The summed E-state index contributed by atoms with van der Waals surface area (Å²) in [4.78, 5) is 6.44. The lowest BCUT2D eigenvalue weighted by Gasteiger charge is -2.35. The minimum atomic E-state index is -3.34. The summed E-state index contributed by atoms with van der Waals surface area (Å²) in [5.74, 6) is 0.685. The molecule has 0 aromatic heterocycles. The van der Waals surface area contributed by atoms with Gasteiger partial charge in [0.05, 0.1) is 30.8 Å². The molecule has 10 nitrogen and oxygen atoms in total. The largest absolute Gasteiger partial charge is 0.378 e. The Bertz CT molecular complexity index is 692. The molecule has 0 aromatic carbocycles. The predicted octanol–water partition coefficient (Wildman–Crippen LogP) is -0.118. The van der Waals surface area contributed by atoms with Crippen molar-refractivity contribution in [1.29, 1.82) is 0 Å². The van der Waals surface area contributed by atoms with Crippen LogP contribution < -0.4 is 10.0 Å². The first-order valence-electron chi connectivity index (χ1n) is 9.71. The Labute approximate surface area is 193 Å². The first-order chi connectivity index (χ1) is 13.1. The summed E-state index contributed by atoms with van der Waals surface area (Å²) in [6.45, 7) is 10.5. The maximum absolute atomic E-state index is 12.4. The van der Waals surface area contributed by atoms with Crippen LogP contribution in [0.15, 0.2) is 4.99 Å². The summed E-state index contributed by atoms with van der Waals surface area (Å²) in [6, 6.07) is 0. The molecule has 1 aliphatic heterocycles. The zero-order chi connectivity index (χ0) is 21.2. The highest BCUT2D eigenvalue weighted by Gasteiger charge is 2.28. The summed E-state index contributed by atoms with van der Waals surface area (Å²) in [5, 5.41) is 3.18. The third-order valence-corrected chi connectivity index (χ3v) is 7.37. The fourth-order valence-corrected chi connectivity index (χ4v) is 4.48. The second-order valence-electron chi connectivity index (χ2n) is 6.66. The van der Waals surface area contributed by atoms with Gasteiger partial charge in [-0.25, -0.2) is 21.6 Å². The summed E-state index contributed by atoms with van der Waals surface area (Å²) in [5.41, 5.74) is 0. The van der Waals surface area contributed by atoms with Crippen molar-refractivity contribution in [2.45, 2.75) is 33.8 Å². The minimum Gasteiger partial charge on any atom is -0.378 e. The molecule has 1 fully saturated rings. The second kappa shape index (κ2) is 14.0.